The van der Waals surface area contributed by atoms with Gasteiger partial charge < -0.3 is 10.6 Å². The molecule has 0 saturated carbocycles. The van der Waals surface area contributed by atoms with Gasteiger partial charge in [-0.05, 0) is 24.9 Å². The molecule has 1 heterocycles. The average Bonchev–Trinajstić information content (AvgIpc) is 2.38. The Kier molecular flexibility index (Phi) is 3.94. The van der Waals surface area contributed by atoms with Gasteiger partial charge >= 0.3 is 0 Å². The van der Waals surface area contributed by atoms with Gasteiger partial charge in [-0.2, -0.15) is 0 Å². The normalized spacial score (nSPS) is 20.4. The largest absolute Gasteiger partial charge is 0.352 e. The van der Waals surface area contributed by atoms with Gasteiger partial charge in [-0.1, -0.05) is 30.3 Å². The van der Waals surface area contributed by atoms with Crippen LogP contribution < -0.4 is 10.6 Å². The predicted octanol–water partition coefficient (Wildman–Crippen LogP) is 1.30. The van der Waals surface area contributed by atoms with E-state index in [1.165, 1.54) is 0 Å². The van der Waals surface area contributed by atoms with Crippen molar-refractivity contribution in [2.75, 3.05) is 13.1 Å². The first-order chi connectivity index (χ1) is 7.86. The van der Waals surface area contributed by atoms with Gasteiger partial charge in [0.1, 0.15) is 0 Å². The molecule has 0 spiro atoms. The van der Waals surface area contributed by atoms with Gasteiger partial charge in [0, 0.05) is 13.1 Å². The van der Waals surface area contributed by atoms with Crippen LogP contribution in [0.15, 0.2) is 30.3 Å². The van der Waals surface area contributed by atoms with Crippen molar-refractivity contribution in [3.05, 3.63) is 35.9 Å². The molecular formula is C13H18N2O. The first-order valence-corrected chi connectivity index (χ1v) is 5.88. The van der Waals surface area contributed by atoms with E-state index in [0.717, 1.165) is 31.5 Å². The van der Waals surface area contributed by atoms with Crippen LogP contribution in [0.2, 0.25) is 0 Å². The third-order valence-corrected chi connectivity index (χ3v) is 2.98. The first kappa shape index (κ1) is 11.1. The van der Waals surface area contributed by atoms with Crippen LogP contribution in [0, 0.1) is 5.92 Å². The lowest BCUT2D eigenvalue weighted by molar-refractivity contribution is -0.125. The van der Waals surface area contributed by atoms with Crippen LogP contribution >= 0.6 is 0 Å². The van der Waals surface area contributed by atoms with Crippen molar-refractivity contribution in [3.8, 4) is 0 Å². The third-order valence-electron chi connectivity index (χ3n) is 2.98. The summed E-state index contributed by atoms with van der Waals surface area (Å²) in [5, 5.41) is 6.24. The molecule has 1 unspecified atom stereocenters. The molecule has 2 rings (SSSR count). The Bertz CT molecular complexity index is 331. The van der Waals surface area contributed by atoms with Crippen LogP contribution in [-0.4, -0.2) is 19.0 Å². The highest BCUT2D eigenvalue weighted by molar-refractivity contribution is 5.78. The molecule has 1 aromatic carbocycles. The summed E-state index contributed by atoms with van der Waals surface area (Å²) in [6.07, 6.45) is 2.11. The predicted molar refractivity (Wildman–Crippen MR) is 63.9 cm³/mol. The number of hydrogen-bond acceptors (Lipinski definition) is 2. The zero-order valence-electron chi connectivity index (χ0n) is 9.41. The molecule has 1 saturated heterocycles. The molecule has 2 N–H and O–H groups in total. The second-order valence-electron chi connectivity index (χ2n) is 4.25. The molecule has 0 bridgehead atoms. The molecule has 3 heteroatoms. The van der Waals surface area contributed by atoms with E-state index in [2.05, 4.69) is 10.6 Å². The summed E-state index contributed by atoms with van der Waals surface area (Å²) in [5.41, 5.74) is 1.15. The highest BCUT2D eigenvalue weighted by Gasteiger charge is 2.20. The summed E-state index contributed by atoms with van der Waals surface area (Å²) in [7, 11) is 0. The second kappa shape index (κ2) is 5.66. The lowest BCUT2D eigenvalue weighted by atomic mass is 9.99. The quantitative estimate of drug-likeness (QED) is 0.803. The third kappa shape index (κ3) is 3.07. The minimum absolute atomic E-state index is 0.150. The lowest BCUT2D eigenvalue weighted by Gasteiger charge is -2.21. The smallest absolute Gasteiger partial charge is 0.224 e. The van der Waals surface area contributed by atoms with Crippen LogP contribution in [0.3, 0.4) is 0 Å². The molecule has 3 nitrogen and oxygen atoms in total. The Hall–Kier alpha value is -1.35. The van der Waals surface area contributed by atoms with Crippen molar-refractivity contribution in [3.63, 3.8) is 0 Å². The maximum Gasteiger partial charge on any atom is 0.224 e. The minimum atomic E-state index is 0.150. The van der Waals surface area contributed by atoms with Crippen LogP contribution in [-0.2, 0) is 11.3 Å². The van der Waals surface area contributed by atoms with Crippen LogP contribution in [0.4, 0.5) is 0 Å². The van der Waals surface area contributed by atoms with Crippen molar-refractivity contribution < 1.29 is 4.79 Å². The maximum atomic E-state index is 11.8. The number of amides is 1. The molecule has 86 valence electrons. The van der Waals surface area contributed by atoms with Crippen molar-refractivity contribution >= 4 is 5.91 Å². The molecule has 0 aromatic heterocycles. The molecule has 1 amide bonds. The number of carbonyl (C=O) groups is 1. The zero-order valence-corrected chi connectivity index (χ0v) is 9.41. The summed E-state index contributed by atoms with van der Waals surface area (Å²) in [6, 6.07) is 10.0. The number of rotatable bonds is 3. The minimum Gasteiger partial charge on any atom is -0.352 e. The summed E-state index contributed by atoms with van der Waals surface area (Å²) < 4.78 is 0. The van der Waals surface area contributed by atoms with E-state index in [-0.39, 0.29) is 11.8 Å². The first-order valence-electron chi connectivity index (χ1n) is 5.88. The van der Waals surface area contributed by atoms with Gasteiger partial charge in [0.2, 0.25) is 5.91 Å². The standard InChI is InChI=1S/C13H18N2O/c16-13(12-7-4-8-14-10-12)15-9-11-5-2-1-3-6-11/h1-3,5-6,12,14H,4,7-10H2,(H,15,16). The fraction of sp³-hybridized carbons (Fsp3) is 0.462. The van der Waals surface area contributed by atoms with Crippen molar-refractivity contribution in [1.29, 1.82) is 0 Å². The Morgan fingerprint density at radius 3 is 2.88 bits per heavy atom. The van der Waals surface area contributed by atoms with Crippen LogP contribution in [0.5, 0.6) is 0 Å². The molecule has 0 radical (unpaired) electrons. The van der Waals surface area contributed by atoms with E-state index >= 15 is 0 Å². The molecule has 16 heavy (non-hydrogen) atoms. The van der Waals surface area contributed by atoms with Gasteiger partial charge in [-0.15, -0.1) is 0 Å². The highest BCUT2D eigenvalue weighted by Crippen LogP contribution is 2.10. The number of piperidine rings is 1. The average molecular weight is 218 g/mol. The molecule has 1 aromatic rings. The fourth-order valence-electron chi connectivity index (χ4n) is 2.00. The number of carbonyl (C=O) groups excluding carboxylic acids is 1. The molecule has 1 aliphatic heterocycles. The van der Waals surface area contributed by atoms with Gasteiger partial charge in [-0.25, -0.2) is 0 Å². The van der Waals surface area contributed by atoms with Crippen molar-refractivity contribution in [2.24, 2.45) is 5.92 Å². The van der Waals surface area contributed by atoms with Gasteiger partial charge in [0.25, 0.3) is 0 Å². The number of nitrogens with one attached hydrogen (secondary N) is 2. The molecule has 1 atom stereocenters. The Morgan fingerprint density at radius 1 is 1.38 bits per heavy atom. The van der Waals surface area contributed by atoms with E-state index in [4.69, 9.17) is 0 Å². The maximum absolute atomic E-state index is 11.8. The summed E-state index contributed by atoms with van der Waals surface area (Å²) in [4.78, 5) is 11.8. The summed E-state index contributed by atoms with van der Waals surface area (Å²) in [5.74, 6) is 0.327. The molecule has 1 aliphatic rings. The van der Waals surface area contributed by atoms with E-state index < -0.39 is 0 Å². The molecular weight excluding hydrogens is 200 g/mol. The Balaban J connectivity index is 1.79. The van der Waals surface area contributed by atoms with Gasteiger partial charge in [0.05, 0.1) is 5.92 Å². The van der Waals surface area contributed by atoms with Crippen molar-refractivity contribution in [2.45, 2.75) is 19.4 Å². The van der Waals surface area contributed by atoms with E-state index in [1.807, 2.05) is 30.3 Å². The Morgan fingerprint density at radius 2 is 2.19 bits per heavy atom. The number of benzene rings is 1. The topological polar surface area (TPSA) is 41.1 Å². The van der Waals surface area contributed by atoms with Gasteiger partial charge in [-0.3, -0.25) is 4.79 Å². The Labute approximate surface area is 96.2 Å². The zero-order chi connectivity index (χ0) is 11.2. The molecule has 0 aliphatic carbocycles. The van der Waals surface area contributed by atoms with Crippen molar-refractivity contribution in [1.82, 2.24) is 10.6 Å². The van der Waals surface area contributed by atoms with E-state index in [9.17, 15) is 4.79 Å². The fourth-order valence-corrected chi connectivity index (χ4v) is 2.00. The van der Waals surface area contributed by atoms with Crippen LogP contribution in [0.1, 0.15) is 18.4 Å². The number of hydrogen-bond donors (Lipinski definition) is 2. The summed E-state index contributed by atoms with van der Waals surface area (Å²) in [6.45, 7) is 2.50. The highest BCUT2D eigenvalue weighted by atomic mass is 16.1. The lowest BCUT2D eigenvalue weighted by Crippen LogP contribution is -2.40. The summed E-state index contributed by atoms with van der Waals surface area (Å²) >= 11 is 0. The van der Waals surface area contributed by atoms with Gasteiger partial charge in [0.15, 0.2) is 0 Å². The monoisotopic (exact) mass is 218 g/mol. The van der Waals surface area contributed by atoms with E-state index in [0.29, 0.717) is 6.54 Å². The second-order valence-corrected chi connectivity index (χ2v) is 4.25. The van der Waals surface area contributed by atoms with E-state index in [1.54, 1.807) is 0 Å². The SMILES string of the molecule is O=C(NCc1ccccc1)C1CCCNC1. The van der Waals surface area contributed by atoms with Crippen LogP contribution in [0.25, 0.3) is 0 Å². The molecule has 1 fully saturated rings.